The minimum Gasteiger partial charge on any atom is -0.492 e. The van der Waals surface area contributed by atoms with Crippen LogP contribution in [0.3, 0.4) is 0 Å². The van der Waals surface area contributed by atoms with Crippen LogP contribution in [0.15, 0.2) is 54.9 Å². The van der Waals surface area contributed by atoms with E-state index in [0.29, 0.717) is 37.6 Å². The fourth-order valence-electron chi connectivity index (χ4n) is 3.57. The van der Waals surface area contributed by atoms with Crippen molar-refractivity contribution in [3.8, 4) is 5.75 Å². The molecule has 9 heteroatoms. The Morgan fingerprint density at radius 1 is 1.20 bits per heavy atom. The van der Waals surface area contributed by atoms with Crippen LogP contribution in [-0.4, -0.2) is 56.8 Å². The number of carbonyl (C=O) groups excluding carboxylic acids is 1. The molecule has 1 aromatic heterocycles. The van der Waals surface area contributed by atoms with Crippen LogP contribution in [0.5, 0.6) is 5.75 Å². The molecule has 2 aromatic carbocycles. The highest BCUT2D eigenvalue weighted by atomic mass is 19.1. The van der Waals surface area contributed by atoms with Gasteiger partial charge in [-0.05, 0) is 53.6 Å². The highest BCUT2D eigenvalue weighted by molar-refractivity contribution is 5.94. The molecule has 0 aliphatic carbocycles. The van der Waals surface area contributed by atoms with Crippen LogP contribution in [0.25, 0.3) is 0 Å². The van der Waals surface area contributed by atoms with Gasteiger partial charge in [-0.15, -0.1) is 10.2 Å². The van der Waals surface area contributed by atoms with Crippen LogP contribution in [0, 0.1) is 5.82 Å². The predicted molar refractivity (Wildman–Crippen MR) is 107 cm³/mol. The Labute approximate surface area is 173 Å². The number of rotatable bonds is 7. The molecule has 1 aliphatic rings. The fourth-order valence-corrected chi connectivity index (χ4v) is 3.57. The van der Waals surface area contributed by atoms with Crippen LogP contribution in [-0.2, 0) is 6.54 Å². The third kappa shape index (κ3) is 4.80. The number of hydrogen-bond donors (Lipinski definition) is 1. The number of likely N-dealkylation sites (tertiary alicyclic amines) is 1. The van der Waals surface area contributed by atoms with Gasteiger partial charge in [0.25, 0.3) is 5.91 Å². The lowest BCUT2D eigenvalue weighted by Gasteiger charge is -2.17. The topological polar surface area (TPSA) is 99.2 Å². The second-order valence-corrected chi connectivity index (χ2v) is 7.37. The molecular formula is C21H23FN6O2. The summed E-state index contributed by atoms with van der Waals surface area (Å²) in [6, 6.07) is 13.3. The zero-order valence-electron chi connectivity index (χ0n) is 16.4. The van der Waals surface area contributed by atoms with Gasteiger partial charge >= 0.3 is 0 Å². The molecule has 1 saturated heterocycles. The van der Waals surface area contributed by atoms with Gasteiger partial charge in [0, 0.05) is 24.6 Å². The van der Waals surface area contributed by atoms with Gasteiger partial charge in [0.2, 0.25) is 0 Å². The second-order valence-electron chi connectivity index (χ2n) is 7.37. The molecule has 1 fully saturated rings. The highest BCUT2D eigenvalue weighted by Crippen LogP contribution is 2.28. The van der Waals surface area contributed by atoms with E-state index in [2.05, 4.69) is 15.4 Å². The normalized spacial score (nSPS) is 17.1. The summed E-state index contributed by atoms with van der Waals surface area (Å²) in [7, 11) is 0. The standard InChI is InChI=1S/C21H23FN6O2/c22-18-5-1-15(2-6-18)17-9-10-27(11-17)21(29)16-3-7-20(8-4-16)30-13-19(23)12-28-25-14-24-26-28/h1-8,14,17,19H,9-13,23H2/t17-,19?/m0/s1. The van der Waals surface area contributed by atoms with E-state index in [1.165, 1.54) is 23.3 Å². The third-order valence-electron chi connectivity index (χ3n) is 5.17. The van der Waals surface area contributed by atoms with Crippen LogP contribution < -0.4 is 10.5 Å². The summed E-state index contributed by atoms with van der Waals surface area (Å²) in [5, 5.41) is 11.3. The molecule has 1 unspecified atom stereocenters. The first kappa shape index (κ1) is 20.0. The molecular weight excluding hydrogens is 387 g/mol. The fraction of sp³-hybridized carbons (Fsp3) is 0.333. The maximum absolute atomic E-state index is 13.1. The number of aromatic nitrogens is 4. The maximum Gasteiger partial charge on any atom is 0.253 e. The lowest BCUT2D eigenvalue weighted by atomic mass is 9.99. The summed E-state index contributed by atoms with van der Waals surface area (Å²) in [4.78, 5) is 16.1. The second kappa shape index (κ2) is 9.00. The number of ether oxygens (including phenoxy) is 1. The average molecular weight is 410 g/mol. The van der Waals surface area contributed by atoms with Crippen molar-refractivity contribution in [2.75, 3.05) is 19.7 Å². The SMILES string of the molecule is NC(COc1ccc(C(=O)N2CC[C@H](c3ccc(F)cc3)C2)cc1)Cn1ncnn1. The van der Waals surface area contributed by atoms with E-state index in [4.69, 9.17) is 10.5 Å². The van der Waals surface area contributed by atoms with Gasteiger partial charge in [-0.25, -0.2) is 4.39 Å². The van der Waals surface area contributed by atoms with E-state index in [0.717, 1.165) is 12.0 Å². The Morgan fingerprint density at radius 3 is 2.67 bits per heavy atom. The number of hydrogen-bond acceptors (Lipinski definition) is 6. The number of benzene rings is 2. The smallest absolute Gasteiger partial charge is 0.253 e. The third-order valence-corrected chi connectivity index (χ3v) is 5.17. The molecule has 8 nitrogen and oxygen atoms in total. The molecule has 0 spiro atoms. The van der Waals surface area contributed by atoms with Gasteiger partial charge in [0.1, 0.15) is 18.2 Å². The monoisotopic (exact) mass is 410 g/mol. The van der Waals surface area contributed by atoms with Crippen molar-refractivity contribution in [2.45, 2.75) is 24.9 Å². The summed E-state index contributed by atoms with van der Waals surface area (Å²) in [6.07, 6.45) is 2.22. The first-order chi connectivity index (χ1) is 14.6. The number of tetrazole rings is 1. The summed E-state index contributed by atoms with van der Waals surface area (Å²) in [6.45, 7) is 2.01. The molecule has 0 saturated carbocycles. The molecule has 2 N–H and O–H groups in total. The van der Waals surface area contributed by atoms with Crippen LogP contribution in [0.1, 0.15) is 28.3 Å². The lowest BCUT2D eigenvalue weighted by molar-refractivity contribution is 0.0790. The zero-order valence-corrected chi connectivity index (χ0v) is 16.4. The Balaban J connectivity index is 1.29. The zero-order chi connectivity index (χ0) is 20.9. The molecule has 4 rings (SSSR count). The molecule has 30 heavy (non-hydrogen) atoms. The maximum atomic E-state index is 13.1. The number of amides is 1. The van der Waals surface area contributed by atoms with E-state index in [1.807, 2.05) is 4.90 Å². The van der Waals surface area contributed by atoms with Crippen molar-refractivity contribution < 1.29 is 13.9 Å². The number of nitrogens with two attached hydrogens (primary N) is 1. The van der Waals surface area contributed by atoms with E-state index >= 15 is 0 Å². The molecule has 0 radical (unpaired) electrons. The Bertz CT molecular complexity index is 962. The highest BCUT2D eigenvalue weighted by Gasteiger charge is 2.28. The molecule has 1 aliphatic heterocycles. The summed E-state index contributed by atoms with van der Waals surface area (Å²) in [5.74, 6) is 0.611. The van der Waals surface area contributed by atoms with Gasteiger partial charge < -0.3 is 15.4 Å². The van der Waals surface area contributed by atoms with Gasteiger partial charge in [-0.1, -0.05) is 12.1 Å². The number of halogens is 1. The minimum atomic E-state index is -0.284. The van der Waals surface area contributed by atoms with E-state index in [1.54, 1.807) is 36.4 Å². The molecule has 2 heterocycles. The lowest BCUT2D eigenvalue weighted by Crippen LogP contribution is -2.33. The van der Waals surface area contributed by atoms with E-state index < -0.39 is 0 Å². The van der Waals surface area contributed by atoms with Crippen molar-refractivity contribution in [1.82, 2.24) is 25.1 Å². The van der Waals surface area contributed by atoms with E-state index in [9.17, 15) is 9.18 Å². The van der Waals surface area contributed by atoms with Gasteiger partial charge in [0.05, 0.1) is 12.6 Å². The summed E-state index contributed by atoms with van der Waals surface area (Å²) < 4.78 is 18.8. The van der Waals surface area contributed by atoms with Crippen molar-refractivity contribution >= 4 is 5.91 Å². The number of carbonyl (C=O) groups is 1. The van der Waals surface area contributed by atoms with Crippen molar-refractivity contribution in [3.05, 3.63) is 71.8 Å². The molecule has 0 bridgehead atoms. The van der Waals surface area contributed by atoms with Crippen LogP contribution >= 0.6 is 0 Å². The quantitative estimate of drug-likeness (QED) is 0.638. The van der Waals surface area contributed by atoms with Crippen LogP contribution in [0.4, 0.5) is 4.39 Å². The molecule has 3 aromatic rings. The summed E-state index contributed by atoms with van der Waals surface area (Å²) >= 11 is 0. The Hall–Kier alpha value is -3.33. The van der Waals surface area contributed by atoms with Gasteiger partial charge in [-0.3, -0.25) is 4.79 Å². The molecule has 1 amide bonds. The van der Waals surface area contributed by atoms with Crippen molar-refractivity contribution in [1.29, 1.82) is 0 Å². The van der Waals surface area contributed by atoms with Gasteiger partial charge in [-0.2, -0.15) is 4.80 Å². The van der Waals surface area contributed by atoms with Crippen LogP contribution in [0.2, 0.25) is 0 Å². The van der Waals surface area contributed by atoms with E-state index in [-0.39, 0.29) is 23.7 Å². The summed E-state index contributed by atoms with van der Waals surface area (Å²) in [5.41, 5.74) is 7.68. The Kier molecular flexibility index (Phi) is 5.99. The first-order valence-electron chi connectivity index (χ1n) is 9.82. The Morgan fingerprint density at radius 2 is 1.97 bits per heavy atom. The van der Waals surface area contributed by atoms with Gasteiger partial charge in [0.15, 0.2) is 6.33 Å². The van der Waals surface area contributed by atoms with Crippen molar-refractivity contribution in [2.24, 2.45) is 5.73 Å². The number of nitrogens with zero attached hydrogens (tertiary/aromatic N) is 5. The predicted octanol–water partition coefficient (Wildman–Crippen LogP) is 1.85. The minimum absolute atomic E-state index is 0.0138. The largest absolute Gasteiger partial charge is 0.492 e. The molecule has 156 valence electrons. The first-order valence-corrected chi connectivity index (χ1v) is 9.82. The molecule has 2 atom stereocenters. The average Bonchev–Trinajstić information content (AvgIpc) is 3.45. The van der Waals surface area contributed by atoms with Crippen molar-refractivity contribution in [3.63, 3.8) is 0 Å².